The second-order valence-corrected chi connectivity index (χ2v) is 8.58. The number of rotatable bonds is 8. The molecule has 1 N–H and O–H groups in total. The number of aryl methyl sites for hydroxylation is 1. The summed E-state index contributed by atoms with van der Waals surface area (Å²) in [6, 6.07) is 13.7. The quantitative estimate of drug-likeness (QED) is 0.653. The van der Waals surface area contributed by atoms with Gasteiger partial charge in [0, 0.05) is 12.6 Å². The van der Waals surface area contributed by atoms with Crippen LogP contribution in [0.5, 0.6) is 0 Å². The molecule has 31 heavy (non-hydrogen) atoms. The standard InChI is InChI=1S/C26H33FN2O2/c1-3-24(26(31)28-23-7-5-4-6-8-23)29(18-21-11-9-19(2)10-12-21)25(30)17-20-13-15-22(27)16-14-20/h9-16,23-24H,3-8,17-18H2,1-2H3,(H,28,31). The lowest BCUT2D eigenvalue weighted by Crippen LogP contribution is -2.51. The smallest absolute Gasteiger partial charge is 0.243 e. The van der Waals surface area contributed by atoms with Crippen molar-refractivity contribution < 1.29 is 14.0 Å². The minimum Gasteiger partial charge on any atom is -0.352 e. The molecular formula is C26H33FN2O2. The van der Waals surface area contributed by atoms with E-state index in [0.717, 1.165) is 42.4 Å². The predicted molar refractivity (Wildman–Crippen MR) is 121 cm³/mol. The monoisotopic (exact) mass is 424 g/mol. The first-order valence-corrected chi connectivity index (χ1v) is 11.4. The Balaban J connectivity index is 1.79. The van der Waals surface area contributed by atoms with Crippen molar-refractivity contribution in [2.45, 2.75) is 77.4 Å². The highest BCUT2D eigenvalue weighted by Crippen LogP contribution is 2.20. The molecule has 1 aliphatic carbocycles. The molecule has 0 aromatic heterocycles. The zero-order valence-electron chi connectivity index (χ0n) is 18.6. The Kier molecular flexibility index (Phi) is 8.21. The van der Waals surface area contributed by atoms with Crippen molar-refractivity contribution in [2.24, 2.45) is 0 Å². The van der Waals surface area contributed by atoms with Gasteiger partial charge in [-0.1, -0.05) is 68.1 Å². The van der Waals surface area contributed by atoms with E-state index in [0.29, 0.717) is 13.0 Å². The number of carbonyl (C=O) groups excluding carboxylic acids is 2. The first-order valence-electron chi connectivity index (χ1n) is 11.4. The number of nitrogens with one attached hydrogen (secondary N) is 1. The van der Waals surface area contributed by atoms with Crippen molar-refractivity contribution in [1.29, 1.82) is 0 Å². The molecule has 1 saturated carbocycles. The van der Waals surface area contributed by atoms with Crippen LogP contribution in [0, 0.1) is 12.7 Å². The van der Waals surface area contributed by atoms with Gasteiger partial charge in [0.2, 0.25) is 11.8 Å². The average Bonchev–Trinajstić information content (AvgIpc) is 2.77. The molecule has 0 bridgehead atoms. The lowest BCUT2D eigenvalue weighted by atomic mass is 9.95. The van der Waals surface area contributed by atoms with Crippen molar-refractivity contribution in [1.82, 2.24) is 10.2 Å². The van der Waals surface area contributed by atoms with E-state index in [1.807, 2.05) is 38.1 Å². The summed E-state index contributed by atoms with van der Waals surface area (Å²) in [5.74, 6) is -0.530. The Morgan fingerprint density at radius 2 is 1.61 bits per heavy atom. The SMILES string of the molecule is CCC(C(=O)NC1CCCCC1)N(Cc1ccc(C)cc1)C(=O)Cc1ccc(F)cc1. The first kappa shape index (κ1) is 23.0. The van der Waals surface area contributed by atoms with Crippen LogP contribution >= 0.6 is 0 Å². The normalized spacial score (nSPS) is 15.3. The van der Waals surface area contributed by atoms with E-state index < -0.39 is 6.04 Å². The highest BCUT2D eigenvalue weighted by molar-refractivity contribution is 5.88. The Bertz CT molecular complexity index is 858. The molecule has 4 nitrogen and oxygen atoms in total. The van der Waals surface area contributed by atoms with Crippen molar-refractivity contribution in [3.63, 3.8) is 0 Å². The number of benzene rings is 2. The van der Waals surface area contributed by atoms with Crippen LogP contribution in [0.1, 0.15) is 62.1 Å². The third-order valence-electron chi connectivity index (χ3n) is 6.08. The largest absolute Gasteiger partial charge is 0.352 e. The van der Waals surface area contributed by atoms with Gasteiger partial charge in [0.25, 0.3) is 0 Å². The lowest BCUT2D eigenvalue weighted by molar-refractivity contribution is -0.141. The molecule has 0 radical (unpaired) electrons. The van der Waals surface area contributed by atoms with Gasteiger partial charge < -0.3 is 10.2 Å². The van der Waals surface area contributed by atoms with Gasteiger partial charge in [-0.25, -0.2) is 4.39 Å². The fourth-order valence-electron chi connectivity index (χ4n) is 4.23. The van der Waals surface area contributed by atoms with Crippen LogP contribution in [0.2, 0.25) is 0 Å². The van der Waals surface area contributed by atoms with Crippen LogP contribution in [-0.4, -0.2) is 28.8 Å². The van der Waals surface area contributed by atoms with Crippen LogP contribution < -0.4 is 5.32 Å². The fourth-order valence-corrected chi connectivity index (χ4v) is 4.23. The minimum absolute atomic E-state index is 0.0750. The molecule has 0 heterocycles. The van der Waals surface area contributed by atoms with Crippen LogP contribution in [0.4, 0.5) is 4.39 Å². The second-order valence-electron chi connectivity index (χ2n) is 8.58. The number of amides is 2. The minimum atomic E-state index is -0.531. The van der Waals surface area contributed by atoms with E-state index >= 15 is 0 Å². The van der Waals surface area contributed by atoms with Gasteiger partial charge in [-0.05, 0) is 49.4 Å². The van der Waals surface area contributed by atoms with E-state index in [-0.39, 0.29) is 30.1 Å². The molecule has 0 aliphatic heterocycles. The fraction of sp³-hybridized carbons (Fsp3) is 0.462. The van der Waals surface area contributed by atoms with Crippen molar-refractivity contribution in [3.05, 3.63) is 71.0 Å². The molecule has 5 heteroatoms. The summed E-state index contributed by atoms with van der Waals surface area (Å²) in [6.45, 7) is 4.34. The summed E-state index contributed by atoms with van der Waals surface area (Å²) in [5.41, 5.74) is 2.87. The van der Waals surface area contributed by atoms with Gasteiger partial charge >= 0.3 is 0 Å². The molecule has 0 saturated heterocycles. The second kappa shape index (κ2) is 11.1. The van der Waals surface area contributed by atoms with Crippen LogP contribution in [0.15, 0.2) is 48.5 Å². The summed E-state index contributed by atoms with van der Waals surface area (Å²) >= 11 is 0. The molecule has 1 unspecified atom stereocenters. The Morgan fingerprint density at radius 3 is 2.23 bits per heavy atom. The summed E-state index contributed by atoms with van der Waals surface area (Å²) in [6.07, 6.45) is 6.18. The molecule has 1 fully saturated rings. The maximum Gasteiger partial charge on any atom is 0.243 e. The van der Waals surface area contributed by atoms with E-state index in [9.17, 15) is 14.0 Å². The molecule has 1 atom stereocenters. The van der Waals surface area contributed by atoms with Gasteiger partial charge in [0.05, 0.1) is 6.42 Å². The van der Waals surface area contributed by atoms with Gasteiger partial charge in [-0.15, -0.1) is 0 Å². The van der Waals surface area contributed by atoms with Gasteiger partial charge in [-0.2, -0.15) is 0 Å². The highest BCUT2D eigenvalue weighted by atomic mass is 19.1. The number of carbonyl (C=O) groups is 2. The topological polar surface area (TPSA) is 49.4 Å². The van der Waals surface area contributed by atoms with Crippen molar-refractivity contribution in [3.8, 4) is 0 Å². The molecular weight excluding hydrogens is 391 g/mol. The van der Waals surface area contributed by atoms with Crippen LogP contribution in [0.3, 0.4) is 0 Å². The highest BCUT2D eigenvalue weighted by Gasteiger charge is 2.30. The molecule has 2 aromatic rings. The van der Waals surface area contributed by atoms with Gasteiger partial charge in [0.1, 0.15) is 11.9 Å². The van der Waals surface area contributed by atoms with E-state index in [1.54, 1.807) is 17.0 Å². The maximum absolute atomic E-state index is 13.3. The molecule has 3 rings (SSSR count). The Morgan fingerprint density at radius 1 is 1.00 bits per heavy atom. The van der Waals surface area contributed by atoms with E-state index in [4.69, 9.17) is 0 Å². The zero-order chi connectivity index (χ0) is 22.2. The number of nitrogens with zero attached hydrogens (tertiary/aromatic N) is 1. The summed E-state index contributed by atoms with van der Waals surface area (Å²) < 4.78 is 13.3. The van der Waals surface area contributed by atoms with Crippen molar-refractivity contribution >= 4 is 11.8 Å². The van der Waals surface area contributed by atoms with Crippen molar-refractivity contribution in [2.75, 3.05) is 0 Å². The zero-order valence-corrected chi connectivity index (χ0v) is 18.6. The average molecular weight is 425 g/mol. The first-order chi connectivity index (χ1) is 15.0. The van der Waals surface area contributed by atoms with E-state index in [1.165, 1.54) is 18.6 Å². The Labute approximate surface area is 184 Å². The number of hydrogen-bond donors (Lipinski definition) is 1. The molecule has 1 aliphatic rings. The lowest BCUT2D eigenvalue weighted by Gasteiger charge is -2.33. The van der Waals surface area contributed by atoms with Crippen LogP contribution in [-0.2, 0) is 22.6 Å². The summed E-state index contributed by atoms with van der Waals surface area (Å²) in [4.78, 5) is 28.2. The predicted octanol–water partition coefficient (Wildman–Crippen LogP) is 4.93. The molecule has 2 aromatic carbocycles. The van der Waals surface area contributed by atoms with Crippen LogP contribution in [0.25, 0.3) is 0 Å². The maximum atomic E-state index is 13.3. The van der Waals surface area contributed by atoms with Gasteiger partial charge in [0.15, 0.2) is 0 Å². The van der Waals surface area contributed by atoms with E-state index in [2.05, 4.69) is 5.32 Å². The third-order valence-corrected chi connectivity index (χ3v) is 6.08. The molecule has 2 amide bonds. The number of hydrogen-bond acceptors (Lipinski definition) is 2. The Hall–Kier alpha value is -2.69. The van der Waals surface area contributed by atoms with Gasteiger partial charge in [-0.3, -0.25) is 9.59 Å². The third kappa shape index (κ3) is 6.65. The molecule has 0 spiro atoms. The molecule has 166 valence electrons. The summed E-state index contributed by atoms with van der Waals surface area (Å²) in [5, 5.41) is 3.19. The number of halogens is 1. The summed E-state index contributed by atoms with van der Waals surface area (Å²) in [7, 11) is 0.